The molecule has 8 nitrogen and oxygen atoms in total. The van der Waals surface area contributed by atoms with Gasteiger partial charge in [-0.15, -0.1) is 11.3 Å². The van der Waals surface area contributed by atoms with Crippen LogP contribution in [0.3, 0.4) is 0 Å². The van der Waals surface area contributed by atoms with Crippen molar-refractivity contribution in [1.29, 1.82) is 0 Å². The fourth-order valence-electron chi connectivity index (χ4n) is 5.05. The second kappa shape index (κ2) is 10.5. The maximum absolute atomic E-state index is 10.7. The molecule has 37 heavy (non-hydrogen) atoms. The van der Waals surface area contributed by atoms with Crippen LogP contribution in [0.2, 0.25) is 0 Å². The summed E-state index contributed by atoms with van der Waals surface area (Å²) in [6, 6.07) is 20.7. The van der Waals surface area contributed by atoms with Crippen LogP contribution in [0.15, 0.2) is 71.5 Å². The highest BCUT2D eigenvalue weighted by Crippen LogP contribution is 2.31. The molecular weight excluding hydrogens is 486 g/mol. The van der Waals surface area contributed by atoms with E-state index in [2.05, 4.69) is 67.4 Å². The number of rotatable bonds is 8. The number of hydrogen-bond acceptors (Lipinski definition) is 9. The number of aryl methyl sites for hydroxylation is 1. The summed E-state index contributed by atoms with van der Waals surface area (Å²) in [6.07, 6.45) is 0.884. The lowest BCUT2D eigenvalue weighted by molar-refractivity contribution is 0.0369. The summed E-state index contributed by atoms with van der Waals surface area (Å²) in [5, 5.41) is 18.0. The van der Waals surface area contributed by atoms with Gasteiger partial charge in [-0.25, -0.2) is 4.98 Å². The number of aliphatic hydroxyl groups is 1. The van der Waals surface area contributed by atoms with Crippen LogP contribution in [0, 0.1) is 6.92 Å². The molecule has 2 aromatic heterocycles. The fourth-order valence-corrected chi connectivity index (χ4v) is 5.86. The summed E-state index contributed by atoms with van der Waals surface area (Å²) in [7, 11) is 0. The minimum atomic E-state index is -0.577. The second-order valence-corrected chi connectivity index (χ2v) is 10.7. The molecule has 3 aromatic carbocycles. The van der Waals surface area contributed by atoms with Crippen LogP contribution in [0.5, 0.6) is 5.75 Å². The van der Waals surface area contributed by atoms with Gasteiger partial charge in [0.2, 0.25) is 5.89 Å². The molecule has 1 aliphatic rings. The van der Waals surface area contributed by atoms with Crippen molar-refractivity contribution < 1.29 is 14.4 Å². The Bertz CT molecular complexity index is 1480. The Morgan fingerprint density at radius 2 is 1.86 bits per heavy atom. The first-order chi connectivity index (χ1) is 18.1. The molecule has 0 bridgehead atoms. The van der Waals surface area contributed by atoms with Crippen LogP contribution in [0.25, 0.3) is 21.0 Å². The van der Waals surface area contributed by atoms with Crippen LogP contribution < -0.4 is 4.74 Å². The van der Waals surface area contributed by atoms with Gasteiger partial charge in [0.15, 0.2) is 6.33 Å². The Kier molecular flexibility index (Phi) is 6.84. The van der Waals surface area contributed by atoms with Crippen molar-refractivity contribution in [1.82, 2.24) is 24.9 Å². The maximum Gasteiger partial charge on any atom is 0.248 e. The molecule has 1 N–H and O–H groups in total. The third-order valence-corrected chi connectivity index (χ3v) is 7.80. The molecule has 0 aliphatic carbocycles. The van der Waals surface area contributed by atoms with E-state index in [4.69, 9.17) is 9.26 Å². The molecule has 190 valence electrons. The number of aromatic nitrogens is 3. The molecule has 2 atom stereocenters. The van der Waals surface area contributed by atoms with Gasteiger partial charge in [-0.2, -0.15) is 4.98 Å². The molecule has 3 heterocycles. The number of hydrogen-bond donors (Lipinski definition) is 1. The van der Waals surface area contributed by atoms with Gasteiger partial charge in [0.1, 0.15) is 24.5 Å². The topological polar surface area (TPSA) is 87.8 Å². The predicted octanol–water partition coefficient (Wildman–Crippen LogP) is 4.29. The number of β-amino-alcohol motifs (C(OH)–C–C–N with tert-alkyl or cyclic N) is 1. The Balaban J connectivity index is 1.07. The van der Waals surface area contributed by atoms with E-state index < -0.39 is 6.10 Å². The number of fused-ring (bicyclic) bond motifs is 2. The van der Waals surface area contributed by atoms with Crippen LogP contribution in [-0.2, 0) is 0 Å². The van der Waals surface area contributed by atoms with E-state index in [-0.39, 0.29) is 12.6 Å². The highest BCUT2D eigenvalue weighted by atomic mass is 32.1. The van der Waals surface area contributed by atoms with Crippen molar-refractivity contribution in [3.8, 4) is 5.75 Å². The third-order valence-electron chi connectivity index (χ3n) is 6.85. The Morgan fingerprint density at radius 1 is 1.03 bits per heavy atom. The van der Waals surface area contributed by atoms with Crippen molar-refractivity contribution in [3.63, 3.8) is 0 Å². The predicted molar refractivity (Wildman–Crippen MR) is 144 cm³/mol. The lowest BCUT2D eigenvalue weighted by Crippen LogP contribution is -2.50. The molecule has 1 aliphatic heterocycles. The van der Waals surface area contributed by atoms with E-state index in [1.807, 2.05) is 25.1 Å². The summed E-state index contributed by atoms with van der Waals surface area (Å²) >= 11 is 1.67. The van der Waals surface area contributed by atoms with Gasteiger partial charge < -0.3 is 14.4 Å². The van der Waals surface area contributed by atoms with Crippen molar-refractivity contribution in [2.24, 2.45) is 0 Å². The molecule has 0 saturated carbocycles. The molecule has 5 aromatic rings. The van der Waals surface area contributed by atoms with Gasteiger partial charge in [0.25, 0.3) is 0 Å². The summed E-state index contributed by atoms with van der Waals surface area (Å²) in [5.41, 5.74) is 2.07. The van der Waals surface area contributed by atoms with Crippen molar-refractivity contribution in [3.05, 3.63) is 83.5 Å². The standard InChI is InChI=1S/C28H29N5O3S/c1-19-31-25-15-24(8-9-26(25)37-19)35-17-23(34)16-32-10-12-33(13-11-32)27(28-29-18-30-36-28)22-7-6-20-4-2-3-5-21(20)14-22/h2-9,14-15,18,23,27,34H,10-13,16-17H2,1H3/t23-,27?/m1/s1. The number of nitrogens with zero attached hydrogens (tertiary/aromatic N) is 5. The average Bonchev–Trinajstić information content (AvgIpc) is 3.57. The molecule has 0 amide bonds. The minimum absolute atomic E-state index is 0.105. The zero-order valence-corrected chi connectivity index (χ0v) is 21.5. The lowest BCUT2D eigenvalue weighted by Gasteiger charge is -2.38. The number of piperazine rings is 1. The normalized spacial score (nSPS) is 16.8. The molecule has 6 rings (SSSR count). The van der Waals surface area contributed by atoms with Crippen LogP contribution in [0.1, 0.15) is 22.5 Å². The lowest BCUT2D eigenvalue weighted by atomic mass is 10.00. The summed E-state index contributed by atoms with van der Waals surface area (Å²) in [5.74, 6) is 1.34. The molecule has 9 heteroatoms. The fraction of sp³-hybridized carbons (Fsp3) is 0.321. The van der Waals surface area contributed by atoms with E-state index in [1.165, 1.54) is 17.1 Å². The van der Waals surface area contributed by atoms with Crippen molar-refractivity contribution >= 4 is 32.3 Å². The first-order valence-electron chi connectivity index (χ1n) is 12.5. The monoisotopic (exact) mass is 515 g/mol. The number of benzene rings is 3. The first-order valence-corrected chi connectivity index (χ1v) is 13.3. The Hall–Kier alpha value is -3.37. The minimum Gasteiger partial charge on any atom is -0.491 e. The Morgan fingerprint density at radius 3 is 2.68 bits per heavy atom. The zero-order valence-electron chi connectivity index (χ0n) is 20.7. The Labute approximate surface area is 219 Å². The SMILES string of the molecule is Cc1nc2cc(OC[C@H](O)CN3CCN(C(c4ccc5ccccc5c4)c4ncno4)CC3)ccc2s1. The van der Waals surface area contributed by atoms with Crippen LogP contribution in [0.4, 0.5) is 0 Å². The quantitative estimate of drug-likeness (QED) is 0.328. The molecule has 0 radical (unpaired) electrons. The van der Waals surface area contributed by atoms with Gasteiger partial charge in [-0.1, -0.05) is 41.6 Å². The second-order valence-electron chi connectivity index (χ2n) is 9.45. The van der Waals surface area contributed by atoms with Crippen LogP contribution in [-0.4, -0.2) is 75.5 Å². The maximum atomic E-state index is 10.7. The van der Waals surface area contributed by atoms with Crippen LogP contribution >= 0.6 is 11.3 Å². The van der Waals surface area contributed by atoms with E-state index in [0.29, 0.717) is 12.4 Å². The van der Waals surface area contributed by atoms with Gasteiger partial charge in [0, 0.05) is 38.8 Å². The number of aliphatic hydroxyl groups excluding tert-OH is 1. The van der Waals surface area contributed by atoms with Gasteiger partial charge in [-0.3, -0.25) is 9.80 Å². The smallest absolute Gasteiger partial charge is 0.248 e. The first kappa shape index (κ1) is 24.0. The number of ether oxygens (including phenoxy) is 1. The summed E-state index contributed by atoms with van der Waals surface area (Å²) in [6.45, 7) is 6.13. The summed E-state index contributed by atoms with van der Waals surface area (Å²) in [4.78, 5) is 13.6. The molecule has 0 spiro atoms. The van der Waals surface area contributed by atoms with Crippen molar-refractivity contribution in [2.75, 3.05) is 39.3 Å². The molecule has 1 saturated heterocycles. The largest absolute Gasteiger partial charge is 0.491 e. The summed E-state index contributed by atoms with van der Waals surface area (Å²) < 4.78 is 12.6. The van der Waals surface area contributed by atoms with Gasteiger partial charge in [-0.05, 0) is 41.5 Å². The van der Waals surface area contributed by atoms with E-state index in [0.717, 1.165) is 52.7 Å². The molecule has 1 fully saturated rings. The van der Waals surface area contributed by atoms with Gasteiger partial charge in [0.05, 0.1) is 15.2 Å². The highest BCUT2D eigenvalue weighted by molar-refractivity contribution is 7.18. The third kappa shape index (κ3) is 5.35. The molecule has 1 unspecified atom stereocenters. The van der Waals surface area contributed by atoms with Crippen molar-refractivity contribution in [2.45, 2.75) is 19.1 Å². The van der Waals surface area contributed by atoms with E-state index in [1.54, 1.807) is 11.3 Å². The van der Waals surface area contributed by atoms with Gasteiger partial charge >= 0.3 is 0 Å². The highest BCUT2D eigenvalue weighted by Gasteiger charge is 2.30. The molecular formula is C28H29N5O3S. The van der Waals surface area contributed by atoms with E-state index in [9.17, 15) is 5.11 Å². The number of thiazole rings is 1. The van der Waals surface area contributed by atoms with E-state index >= 15 is 0 Å². The average molecular weight is 516 g/mol. The zero-order chi connectivity index (χ0) is 25.2.